The van der Waals surface area contributed by atoms with Crippen LogP contribution >= 0.6 is 0 Å². The van der Waals surface area contributed by atoms with Crippen molar-refractivity contribution in [3.05, 3.63) is 11.8 Å². The molecule has 5 nitrogen and oxygen atoms in total. The molecule has 2 heterocycles. The lowest BCUT2D eigenvalue weighted by molar-refractivity contribution is -0.141. The SMILES string of the molecule is O=C(c1cc2n(n1)CCO2)N(CC(F)(F)F)C1CC1. The molecule has 1 aliphatic carbocycles. The molecule has 0 aromatic carbocycles. The first-order chi connectivity index (χ1) is 8.94. The largest absolute Gasteiger partial charge is 0.476 e. The van der Waals surface area contributed by atoms with E-state index < -0.39 is 18.6 Å². The number of amides is 1. The van der Waals surface area contributed by atoms with Crippen molar-refractivity contribution in [3.63, 3.8) is 0 Å². The minimum Gasteiger partial charge on any atom is -0.476 e. The van der Waals surface area contributed by atoms with Gasteiger partial charge in [-0.3, -0.25) is 4.79 Å². The average Bonchev–Trinajstić information content (AvgIpc) is 2.91. The summed E-state index contributed by atoms with van der Waals surface area (Å²) in [5.74, 6) is -0.239. The molecular formula is C11H12F3N3O2. The fraction of sp³-hybridized carbons (Fsp3) is 0.636. The third kappa shape index (κ3) is 2.52. The highest BCUT2D eigenvalue weighted by molar-refractivity contribution is 5.93. The Kier molecular flexibility index (Phi) is 2.68. The van der Waals surface area contributed by atoms with E-state index in [0.29, 0.717) is 31.9 Å². The van der Waals surface area contributed by atoms with Gasteiger partial charge in [-0.15, -0.1) is 0 Å². The lowest BCUT2D eigenvalue weighted by Crippen LogP contribution is -2.40. The summed E-state index contributed by atoms with van der Waals surface area (Å²) in [5.41, 5.74) is 0.0193. The zero-order chi connectivity index (χ0) is 13.6. The minimum absolute atomic E-state index is 0.0193. The number of carbonyl (C=O) groups is 1. The van der Waals surface area contributed by atoms with Gasteiger partial charge in [0.05, 0.1) is 6.54 Å². The summed E-state index contributed by atoms with van der Waals surface area (Å²) in [6.07, 6.45) is -3.16. The van der Waals surface area contributed by atoms with Crippen molar-refractivity contribution in [2.24, 2.45) is 0 Å². The first kappa shape index (κ1) is 12.3. The van der Waals surface area contributed by atoms with Crippen molar-refractivity contribution in [1.29, 1.82) is 0 Å². The van der Waals surface area contributed by atoms with Gasteiger partial charge in [-0.1, -0.05) is 0 Å². The summed E-state index contributed by atoms with van der Waals surface area (Å²) in [5, 5.41) is 3.98. The maximum atomic E-state index is 12.5. The van der Waals surface area contributed by atoms with Crippen LogP contribution in [0.5, 0.6) is 5.88 Å². The van der Waals surface area contributed by atoms with E-state index in [2.05, 4.69) is 5.10 Å². The van der Waals surface area contributed by atoms with Crippen LogP contribution in [0, 0.1) is 0 Å². The zero-order valence-corrected chi connectivity index (χ0v) is 9.98. The summed E-state index contributed by atoms with van der Waals surface area (Å²) < 4.78 is 44.1. The van der Waals surface area contributed by atoms with E-state index in [1.165, 1.54) is 10.7 Å². The van der Waals surface area contributed by atoms with Gasteiger partial charge in [-0.2, -0.15) is 18.3 Å². The maximum absolute atomic E-state index is 12.5. The Morgan fingerprint density at radius 1 is 1.53 bits per heavy atom. The fourth-order valence-electron chi connectivity index (χ4n) is 2.11. The molecule has 1 aromatic heterocycles. The number of alkyl halides is 3. The number of hydrogen-bond acceptors (Lipinski definition) is 3. The molecule has 0 N–H and O–H groups in total. The van der Waals surface area contributed by atoms with Gasteiger partial charge in [0, 0.05) is 12.1 Å². The first-order valence-electron chi connectivity index (χ1n) is 6.02. The predicted octanol–water partition coefficient (Wildman–Crippen LogP) is 1.44. The van der Waals surface area contributed by atoms with Crippen molar-refractivity contribution in [2.75, 3.05) is 13.2 Å². The van der Waals surface area contributed by atoms with Crippen molar-refractivity contribution >= 4 is 5.91 Å². The average molecular weight is 275 g/mol. The number of carbonyl (C=O) groups excluding carboxylic acids is 1. The molecule has 3 rings (SSSR count). The molecule has 1 amide bonds. The molecule has 1 fully saturated rings. The second kappa shape index (κ2) is 4.14. The topological polar surface area (TPSA) is 47.4 Å². The van der Waals surface area contributed by atoms with E-state index in [1.54, 1.807) is 0 Å². The van der Waals surface area contributed by atoms with Crippen LogP contribution in [0.2, 0.25) is 0 Å². The highest BCUT2D eigenvalue weighted by atomic mass is 19.4. The van der Waals surface area contributed by atoms with Crippen LogP contribution in [0.25, 0.3) is 0 Å². The van der Waals surface area contributed by atoms with Crippen LogP contribution in [0.1, 0.15) is 23.3 Å². The van der Waals surface area contributed by atoms with Crippen LogP contribution in [0.3, 0.4) is 0 Å². The van der Waals surface area contributed by atoms with Crippen molar-refractivity contribution < 1.29 is 22.7 Å². The Balaban J connectivity index is 1.79. The third-order valence-corrected chi connectivity index (χ3v) is 3.11. The van der Waals surface area contributed by atoms with Crippen LogP contribution in [0.15, 0.2) is 6.07 Å². The summed E-state index contributed by atoms with van der Waals surface area (Å²) in [6.45, 7) is -0.226. The predicted molar refractivity (Wildman–Crippen MR) is 57.8 cm³/mol. The molecule has 2 aliphatic rings. The van der Waals surface area contributed by atoms with Gasteiger partial charge >= 0.3 is 6.18 Å². The molecule has 19 heavy (non-hydrogen) atoms. The number of rotatable bonds is 3. The fourth-order valence-corrected chi connectivity index (χ4v) is 2.11. The van der Waals surface area contributed by atoms with Gasteiger partial charge in [0.15, 0.2) is 5.69 Å². The molecule has 0 spiro atoms. The lowest BCUT2D eigenvalue weighted by Gasteiger charge is -2.22. The van der Waals surface area contributed by atoms with Gasteiger partial charge in [0.2, 0.25) is 5.88 Å². The minimum atomic E-state index is -4.39. The van der Waals surface area contributed by atoms with E-state index >= 15 is 0 Å². The maximum Gasteiger partial charge on any atom is 0.406 e. The molecule has 1 aliphatic heterocycles. The van der Waals surface area contributed by atoms with Gasteiger partial charge in [0.1, 0.15) is 13.2 Å². The number of halogens is 3. The highest BCUT2D eigenvalue weighted by Crippen LogP contribution is 2.32. The van der Waals surface area contributed by atoms with E-state index in [9.17, 15) is 18.0 Å². The molecule has 1 saturated carbocycles. The highest BCUT2D eigenvalue weighted by Gasteiger charge is 2.41. The number of ether oxygens (including phenoxy) is 1. The van der Waals surface area contributed by atoms with Crippen LogP contribution in [-0.2, 0) is 6.54 Å². The molecule has 0 atom stereocenters. The number of hydrogen-bond donors (Lipinski definition) is 0. The lowest BCUT2D eigenvalue weighted by atomic mass is 10.3. The van der Waals surface area contributed by atoms with Crippen LogP contribution in [0.4, 0.5) is 13.2 Å². The van der Waals surface area contributed by atoms with E-state index in [1.807, 2.05) is 0 Å². The smallest absolute Gasteiger partial charge is 0.406 e. The first-order valence-corrected chi connectivity index (χ1v) is 6.02. The molecular weight excluding hydrogens is 263 g/mol. The van der Waals surface area contributed by atoms with E-state index in [0.717, 1.165) is 4.90 Å². The van der Waals surface area contributed by atoms with Crippen molar-refractivity contribution in [2.45, 2.75) is 31.6 Å². The Morgan fingerprint density at radius 2 is 2.26 bits per heavy atom. The quantitative estimate of drug-likeness (QED) is 0.838. The molecule has 1 aromatic rings. The third-order valence-electron chi connectivity index (χ3n) is 3.11. The Morgan fingerprint density at radius 3 is 2.84 bits per heavy atom. The van der Waals surface area contributed by atoms with E-state index in [-0.39, 0.29) is 11.7 Å². The Labute approximate surface area is 106 Å². The second-order valence-corrected chi connectivity index (χ2v) is 4.72. The summed E-state index contributed by atoms with van der Waals surface area (Å²) >= 11 is 0. The molecule has 104 valence electrons. The van der Waals surface area contributed by atoms with Gasteiger partial charge in [-0.25, -0.2) is 4.68 Å². The van der Waals surface area contributed by atoms with Crippen LogP contribution in [-0.4, -0.2) is 46.0 Å². The molecule has 8 heteroatoms. The molecule has 0 unspecified atom stereocenters. The summed E-state index contributed by atoms with van der Waals surface area (Å²) in [4.78, 5) is 13.0. The van der Waals surface area contributed by atoms with Crippen molar-refractivity contribution in [3.8, 4) is 5.88 Å². The van der Waals surface area contributed by atoms with Gasteiger partial charge < -0.3 is 9.64 Å². The van der Waals surface area contributed by atoms with E-state index in [4.69, 9.17) is 4.74 Å². The second-order valence-electron chi connectivity index (χ2n) is 4.72. The Bertz CT molecular complexity index is 486. The Hall–Kier alpha value is -1.73. The van der Waals surface area contributed by atoms with Crippen LogP contribution < -0.4 is 4.74 Å². The monoisotopic (exact) mass is 275 g/mol. The van der Waals surface area contributed by atoms with Gasteiger partial charge in [-0.05, 0) is 12.8 Å². The molecule has 0 saturated heterocycles. The number of fused-ring (bicyclic) bond motifs is 1. The van der Waals surface area contributed by atoms with Crippen molar-refractivity contribution in [1.82, 2.24) is 14.7 Å². The molecule has 0 bridgehead atoms. The zero-order valence-electron chi connectivity index (χ0n) is 9.98. The molecule has 0 radical (unpaired) electrons. The standard InChI is InChI=1S/C11H12F3N3O2/c12-11(13,14)6-16(7-1-2-7)10(18)8-5-9-17(15-8)3-4-19-9/h5,7H,1-4,6H2. The number of nitrogens with zero attached hydrogens (tertiary/aromatic N) is 3. The summed E-state index contributed by atoms with van der Waals surface area (Å²) in [7, 11) is 0. The summed E-state index contributed by atoms with van der Waals surface area (Å²) in [6, 6.07) is 1.09. The van der Waals surface area contributed by atoms with Gasteiger partial charge in [0.25, 0.3) is 5.91 Å². The number of aromatic nitrogens is 2. The normalized spacial score (nSPS) is 18.1.